The van der Waals surface area contributed by atoms with Gasteiger partial charge in [-0.15, -0.1) is 0 Å². The van der Waals surface area contributed by atoms with E-state index in [9.17, 15) is 4.79 Å². The first-order valence-electron chi connectivity index (χ1n) is 7.04. The minimum absolute atomic E-state index is 0.116. The van der Waals surface area contributed by atoms with E-state index in [4.69, 9.17) is 4.74 Å². The zero-order valence-electron chi connectivity index (χ0n) is 12.1. The topological polar surface area (TPSA) is 53.6 Å². The van der Waals surface area contributed by atoms with Crippen molar-refractivity contribution in [2.75, 3.05) is 20.2 Å². The first-order chi connectivity index (χ1) is 9.66. The van der Waals surface area contributed by atoms with Crippen molar-refractivity contribution in [1.82, 2.24) is 15.8 Å². The molecule has 5 nitrogen and oxygen atoms in total. The average Bonchev–Trinajstić information content (AvgIpc) is 2.90. The molecule has 1 fully saturated rings. The highest BCUT2D eigenvalue weighted by Crippen LogP contribution is 2.07. The molecule has 2 unspecified atom stereocenters. The molecule has 2 rings (SSSR count). The summed E-state index contributed by atoms with van der Waals surface area (Å²) >= 11 is 0. The molecule has 1 heterocycles. The van der Waals surface area contributed by atoms with E-state index >= 15 is 0 Å². The second kappa shape index (κ2) is 7.38. The maximum atomic E-state index is 12.1. The fourth-order valence-corrected chi connectivity index (χ4v) is 2.22. The summed E-state index contributed by atoms with van der Waals surface area (Å²) in [5, 5.41) is 0. The molecule has 0 aromatic heterocycles. The minimum Gasteiger partial charge on any atom is -0.375 e. The van der Waals surface area contributed by atoms with Gasteiger partial charge in [0.05, 0.1) is 13.2 Å². The second-order valence-corrected chi connectivity index (χ2v) is 5.28. The molecule has 0 aliphatic carbocycles. The van der Waals surface area contributed by atoms with Gasteiger partial charge in [0.15, 0.2) is 0 Å². The van der Waals surface area contributed by atoms with Gasteiger partial charge in [0.1, 0.15) is 6.04 Å². The number of amides is 1. The molecule has 110 valence electrons. The molecule has 1 saturated heterocycles. The van der Waals surface area contributed by atoms with Gasteiger partial charge in [-0.1, -0.05) is 30.3 Å². The quantitative estimate of drug-likeness (QED) is 0.759. The van der Waals surface area contributed by atoms with E-state index in [1.165, 1.54) is 0 Å². The number of carbonyl (C=O) groups excluding carboxylic acids is 1. The maximum Gasteiger partial charge on any atom is 0.240 e. The smallest absolute Gasteiger partial charge is 0.240 e. The number of hydrazine groups is 1. The van der Waals surface area contributed by atoms with E-state index in [0.717, 1.165) is 12.0 Å². The molecular formula is C15H23N3O2. The number of rotatable bonds is 6. The molecule has 1 aliphatic heterocycles. The summed E-state index contributed by atoms with van der Waals surface area (Å²) in [7, 11) is 1.82. The van der Waals surface area contributed by atoms with Crippen LogP contribution in [0.2, 0.25) is 0 Å². The Morgan fingerprint density at radius 3 is 2.75 bits per heavy atom. The van der Waals surface area contributed by atoms with Crippen molar-refractivity contribution in [2.24, 2.45) is 0 Å². The third kappa shape index (κ3) is 4.30. The van der Waals surface area contributed by atoms with Gasteiger partial charge in [0.25, 0.3) is 0 Å². The van der Waals surface area contributed by atoms with Crippen LogP contribution in [0.3, 0.4) is 0 Å². The van der Waals surface area contributed by atoms with Gasteiger partial charge in [0.2, 0.25) is 5.91 Å². The molecule has 5 heteroatoms. The molecule has 2 N–H and O–H groups in total. The van der Waals surface area contributed by atoms with Gasteiger partial charge < -0.3 is 9.64 Å². The summed E-state index contributed by atoms with van der Waals surface area (Å²) in [6.45, 7) is 3.80. The number of ether oxygens (including phenoxy) is 1. The molecule has 0 spiro atoms. The number of nitrogens with zero attached hydrogens (tertiary/aromatic N) is 1. The van der Waals surface area contributed by atoms with Crippen LogP contribution in [0.1, 0.15) is 18.9 Å². The summed E-state index contributed by atoms with van der Waals surface area (Å²) in [4.78, 5) is 13.8. The molecule has 1 amide bonds. The van der Waals surface area contributed by atoms with Crippen LogP contribution in [0, 0.1) is 0 Å². The summed E-state index contributed by atoms with van der Waals surface area (Å²) < 4.78 is 5.59. The molecule has 1 aromatic rings. The van der Waals surface area contributed by atoms with Gasteiger partial charge in [-0.05, 0) is 18.9 Å². The SMILES string of the molecule is CC1CC(C(=O)N(C)CCOCc2ccccc2)NN1. The van der Waals surface area contributed by atoms with Crippen molar-refractivity contribution in [3.8, 4) is 0 Å². The van der Waals surface area contributed by atoms with Gasteiger partial charge in [-0.2, -0.15) is 0 Å². The molecular weight excluding hydrogens is 254 g/mol. The molecule has 1 aliphatic rings. The van der Waals surface area contributed by atoms with Crippen LogP contribution in [0.4, 0.5) is 0 Å². The van der Waals surface area contributed by atoms with E-state index < -0.39 is 0 Å². The number of nitrogens with one attached hydrogen (secondary N) is 2. The minimum atomic E-state index is -0.121. The first kappa shape index (κ1) is 15.0. The average molecular weight is 277 g/mol. The Morgan fingerprint density at radius 1 is 1.35 bits per heavy atom. The summed E-state index contributed by atoms with van der Waals surface area (Å²) in [6.07, 6.45) is 0.827. The zero-order chi connectivity index (χ0) is 14.4. The summed E-state index contributed by atoms with van der Waals surface area (Å²) in [5.74, 6) is 0.116. The van der Waals surface area contributed by atoms with Gasteiger partial charge in [-0.3, -0.25) is 10.2 Å². The number of carbonyl (C=O) groups is 1. The largest absolute Gasteiger partial charge is 0.375 e. The lowest BCUT2D eigenvalue weighted by molar-refractivity contribution is -0.132. The Morgan fingerprint density at radius 2 is 2.10 bits per heavy atom. The predicted octanol–water partition coefficient (Wildman–Crippen LogP) is 0.917. The van der Waals surface area contributed by atoms with Gasteiger partial charge in [0, 0.05) is 19.6 Å². The maximum absolute atomic E-state index is 12.1. The second-order valence-electron chi connectivity index (χ2n) is 5.28. The molecule has 0 saturated carbocycles. The number of likely N-dealkylation sites (N-methyl/N-ethyl adjacent to an activating group) is 1. The van der Waals surface area contributed by atoms with Crippen molar-refractivity contribution in [3.63, 3.8) is 0 Å². The van der Waals surface area contributed by atoms with Crippen molar-refractivity contribution >= 4 is 5.91 Å². The van der Waals surface area contributed by atoms with Crippen molar-refractivity contribution < 1.29 is 9.53 Å². The molecule has 0 bridgehead atoms. The lowest BCUT2D eigenvalue weighted by Gasteiger charge is -2.20. The highest BCUT2D eigenvalue weighted by Gasteiger charge is 2.28. The highest BCUT2D eigenvalue weighted by molar-refractivity contribution is 5.81. The monoisotopic (exact) mass is 277 g/mol. The molecule has 20 heavy (non-hydrogen) atoms. The van der Waals surface area contributed by atoms with Crippen molar-refractivity contribution in [1.29, 1.82) is 0 Å². The fraction of sp³-hybridized carbons (Fsp3) is 0.533. The third-order valence-corrected chi connectivity index (χ3v) is 3.45. The molecule has 2 atom stereocenters. The number of hydrogen-bond donors (Lipinski definition) is 2. The van der Waals surface area contributed by atoms with Crippen LogP contribution >= 0.6 is 0 Å². The lowest BCUT2D eigenvalue weighted by Crippen LogP contribution is -2.45. The summed E-state index contributed by atoms with van der Waals surface area (Å²) in [5.41, 5.74) is 7.24. The van der Waals surface area contributed by atoms with E-state index in [0.29, 0.717) is 25.8 Å². The van der Waals surface area contributed by atoms with Crippen LogP contribution in [0.25, 0.3) is 0 Å². The van der Waals surface area contributed by atoms with Crippen LogP contribution in [-0.4, -0.2) is 43.1 Å². The van der Waals surface area contributed by atoms with E-state index in [-0.39, 0.29) is 11.9 Å². The Labute approximate surface area is 120 Å². The lowest BCUT2D eigenvalue weighted by atomic mass is 10.1. The third-order valence-electron chi connectivity index (χ3n) is 3.45. The van der Waals surface area contributed by atoms with E-state index in [2.05, 4.69) is 17.8 Å². The fourth-order valence-electron chi connectivity index (χ4n) is 2.22. The Hall–Kier alpha value is -1.43. The Balaban J connectivity index is 1.65. The zero-order valence-corrected chi connectivity index (χ0v) is 12.1. The van der Waals surface area contributed by atoms with Gasteiger partial charge in [-0.25, -0.2) is 5.43 Å². The van der Waals surface area contributed by atoms with Crippen LogP contribution in [-0.2, 0) is 16.1 Å². The standard InChI is InChI=1S/C15H23N3O2/c1-12-10-14(17-16-12)15(19)18(2)8-9-20-11-13-6-4-3-5-7-13/h3-7,12,14,16-17H,8-11H2,1-2H3. The Kier molecular flexibility index (Phi) is 5.52. The molecule has 0 radical (unpaired) electrons. The number of hydrogen-bond acceptors (Lipinski definition) is 4. The van der Waals surface area contributed by atoms with Crippen LogP contribution < -0.4 is 10.9 Å². The predicted molar refractivity (Wildman–Crippen MR) is 77.9 cm³/mol. The number of benzene rings is 1. The van der Waals surface area contributed by atoms with Crippen LogP contribution in [0.5, 0.6) is 0 Å². The first-order valence-corrected chi connectivity index (χ1v) is 7.04. The van der Waals surface area contributed by atoms with E-state index in [1.807, 2.05) is 37.4 Å². The molecule has 1 aromatic carbocycles. The van der Waals surface area contributed by atoms with E-state index in [1.54, 1.807) is 4.90 Å². The van der Waals surface area contributed by atoms with Crippen LogP contribution in [0.15, 0.2) is 30.3 Å². The van der Waals surface area contributed by atoms with Gasteiger partial charge >= 0.3 is 0 Å². The highest BCUT2D eigenvalue weighted by atomic mass is 16.5. The normalized spacial score (nSPS) is 21.9. The summed E-state index contributed by atoms with van der Waals surface area (Å²) in [6, 6.07) is 10.3. The Bertz CT molecular complexity index is 424. The van der Waals surface area contributed by atoms with Crippen molar-refractivity contribution in [2.45, 2.75) is 32.0 Å². The van der Waals surface area contributed by atoms with Crippen molar-refractivity contribution in [3.05, 3.63) is 35.9 Å².